The van der Waals surface area contributed by atoms with Crippen molar-refractivity contribution in [2.45, 2.75) is 116 Å². The minimum absolute atomic E-state index is 0.00906. The number of H-pyrrole nitrogens is 2. The topological polar surface area (TPSA) is 288 Å². The number of rotatable bonds is 22. The van der Waals surface area contributed by atoms with E-state index in [0.717, 1.165) is 0 Å². The van der Waals surface area contributed by atoms with Crippen molar-refractivity contribution in [3.63, 3.8) is 0 Å². The molecular weight excluding hydrogens is 986 g/mol. The molecule has 7 atom stereocenters. The van der Waals surface area contributed by atoms with E-state index < -0.39 is 82.7 Å². The lowest BCUT2D eigenvalue weighted by Gasteiger charge is -2.40. The molecule has 2 aromatic heterocycles. The number of halogens is 2. The van der Waals surface area contributed by atoms with Gasteiger partial charge in [-0.25, -0.2) is 4.79 Å². The van der Waals surface area contributed by atoms with Gasteiger partial charge < -0.3 is 61.2 Å². The van der Waals surface area contributed by atoms with E-state index in [9.17, 15) is 38.7 Å². The number of methoxy groups -OCH3 is 3. The van der Waals surface area contributed by atoms with Gasteiger partial charge in [0.05, 0.1) is 43.1 Å². The maximum atomic E-state index is 14.4. The SMILES string of the molecule is COC(=O)[C@H](C[C@@H]1CCCNC1=O)NC(=O)[C@H](CC(C)(C)CN1CCC[C@@H](C[C@H](NC(=O)[C@H](CC(C)(C)C)NC(=O)c2cc3c(OC)c(Cl)ccc3[nH]2)C(N)=O)C1=O)NC(O)c1cc2c(OC)c(Cl)ccc2[nH]1. The van der Waals surface area contributed by atoms with Crippen LogP contribution in [0.3, 0.4) is 0 Å². The molecular formula is C51H69Cl2N9O11. The second-order valence-electron chi connectivity index (χ2n) is 21.0. The number of ether oxygens (including phenoxy) is 3. The van der Waals surface area contributed by atoms with Gasteiger partial charge in [-0.2, -0.15) is 0 Å². The summed E-state index contributed by atoms with van der Waals surface area (Å²) in [5, 5.41) is 27.7. The number of aliphatic hydroxyl groups is 1. The molecule has 4 aromatic rings. The fraction of sp³-hybridized carbons (Fsp3) is 0.549. The van der Waals surface area contributed by atoms with Crippen molar-refractivity contribution in [3.8, 4) is 11.5 Å². The molecule has 0 aliphatic carbocycles. The van der Waals surface area contributed by atoms with Gasteiger partial charge in [-0.1, -0.05) is 57.8 Å². The van der Waals surface area contributed by atoms with Crippen LogP contribution in [0.25, 0.3) is 21.8 Å². The lowest BCUT2D eigenvalue weighted by molar-refractivity contribution is -0.147. The Morgan fingerprint density at radius 2 is 1.37 bits per heavy atom. The monoisotopic (exact) mass is 1050 g/mol. The van der Waals surface area contributed by atoms with Crippen molar-refractivity contribution < 1.29 is 52.9 Å². The summed E-state index contributed by atoms with van der Waals surface area (Å²) in [6.07, 6.45) is 0.815. The Kier molecular flexibility index (Phi) is 18.4. The first kappa shape index (κ1) is 56.2. The third kappa shape index (κ3) is 14.2. The summed E-state index contributed by atoms with van der Waals surface area (Å²) >= 11 is 12.7. The van der Waals surface area contributed by atoms with Gasteiger partial charge in [-0.05, 0) is 98.6 Å². The second-order valence-corrected chi connectivity index (χ2v) is 21.8. The first-order chi connectivity index (χ1) is 34.4. The number of carbonyl (C=O) groups excluding carboxylic acids is 7. The average Bonchev–Trinajstić information content (AvgIpc) is 3.97. The first-order valence-electron chi connectivity index (χ1n) is 24.4. The number of fused-ring (bicyclic) bond motifs is 2. The Hall–Kier alpha value is -6.09. The van der Waals surface area contributed by atoms with Crippen LogP contribution in [0.5, 0.6) is 11.5 Å². The second kappa shape index (κ2) is 23.8. The number of aromatic amines is 2. The summed E-state index contributed by atoms with van der Waals surface area (Å²) in [4.78, 5) is 103. The first-order valence-corrected chi connectivity index (χ1v) is 25.2. The number of aromatic nitrogens is 2. The van der Waals surface area contributed by atoms with Crippen LogP contribution in [-0.2, 0) is 33.5 Å². The lowest BCUT2D eigenvalue weighted by Crippen LogP contribution is -2.56. The quantitative estimate of drug-likeness (QED) is 0.0381. The van der Waals surface area contributed by atoms with Crippen LogP contribution < -0.4 is 41.8 Å². The highest BCUT2D eigenvalue weighted by molar-refractivity contribution is 6.33. The number of nitrogens with zero attached hydrogens (tertiary/aromatic N) is 1. The summed E-state index contributed by atoms with van der Waals surface area (Å²) in [7, 11) is 4.13. The fourth-order valence-corrected chi connectivity index (χ4v) is 10.4. The van der Waals surface area contributed by atoms with Gasteiger partial charge in [0.25, 0.3) is 5.91 Å². The van der Waals surface area contributed by atoms with E-state index in [1.165, 1.54) is 21.3 Å². The van der Waals surface area contributed by atoms with E-state index in [2.05, 4.69) is 36.6 Å². The number of benzene rings is 2. The molecule has 6 amide bonds. The summed E-state index contributed by atoms with van der Waals surface area (Å²) in [6.45, 7) is 10.4. The van der Waals surface area contributed by atoms with E-state index in [-0.39, 0.29) is 55.4 Å². The molecule has 0 spiro atoms. The van der Waals surface area contributed by atoms with Gasteiger partial charge in [-0.3, -0.25) is 34.1 Å². The summed E-state index contributed by atoms with van der Waals surface area (Å²) < 4.78 is 16.0. The number of likely N-dealkylation sites (tertiary alicyclic amines) is 1. The molecule has 2 aromatic carbocycles. The summed E-state index contributed by atoms with van der Waals surface area (Å²) in [5.74, 6) is -4.53. The van der Waals surface area contributed by atoms with Crippen molar-refractivity contribution in [3.05, 3.63) is 57.8 Å². The zero-order valence-electron chi connectivity index (χ0n) is 42.6. The predicted octanol–water partition coefficient (Wildman–Crippen LogP) is 4.75. The maximum Gasteiger partial charge on any atom is 0.328 e. The number of amides is 6. The van der Waals surface area contributed by atoms with Crippen LogP contribution in [-0.4, -0.2) is 127 Å². The molecule has 398 valence electrons. The highest BCUT2D eigenvalue weighted by Gasteiger charge is 2.40. The van der Waals surface area contributed by atoms with Crippen molar-refractivity contribution in [2.75, 3.05) is 41.0 Å². The van der Waals surface area contributed by atoms with Crippen LogP contribution >= 0.6 is 23.2 Å². The van der Waals surface area contributed by atoms with Gasteiger partial charge in [-0.15, -0.1) is 0 Å². The van der Waals surface area contributed by atoms with Crippen molar-refractivity contribution in [1.82, 2.24) is 41.5 Å². The molecule has 20 nitrogen and oxygen atoms in total. The molecule has 0 saturated carbocycles. The third-order valence-electron chi connectivity index (χ3n) is 13.4. The largest absolute Gasteiger partial charge is 0.494 e. The fourth-order valence-electron chi connectivity index (χ4n) is 9.88. The Labute approximate surface area is 434 Å². The molecule has 0 radical (unpaired) electrons. The average molecular weight is 1060 g/mol. The normalized spacial score (nSPS) is 18.5. The minimum Gasteiger partial charge on any atom is -0.494 e. The highest BCUT2D eigenvalue weighted by atomic mass is 35.5. The van der Waals surface area contributed by atoms with Gasteiger partial charge in [0.1, 0.15) is 41.5 Å². The zero-order valence-corrected chi connectivity index (χ0v) is 44.1. The molecule has 4 heterocycles. The minimum atomic E-state index is -1.46. The van der Waals surface area contributed by atoms with E-state index in [1.54, 1.807) is 41.3 Å². The smallest absolute Gasteiger partial charge is 0.328 e. The number of carbonyl (C=O) groups is 7. The molecule has 2 aliphatic rings. The van der Waals surface area contributed by atoms with E-state index >= 15 is 0 Å². The van der Waals surface area contributed by atoms with Crippen molar-refractivity contribution >= 4 is 86.4 Å². The number of primary amides is 1. The van der Waals surface area contributed by atoms with E-state index in [4.69, 9.17) is 43.1 Å². The molecule has 0 bridgehead atoms. The highest BCUT2D eigenvalue weighted by Crippen LogP contribution is 2.37. The Morgan fingerprint density at radius 1 is 0.781 bits per heavy atom. The maximum absolute atomic E-state index is 14.4. The van der Waals surface area contributed by atoms with Crippen molar-refractivity contribution in [1.29, 1.82) is 0 Å². The molecule has 2 fully saturated rings. The predicted molar refractivity (Wildman–Crippen MR) is 275 cm³/mol. The molecule has 10 N–H and O–H groups in total. The molecule has 2 saturated heterocycles. The molecule has 1 unspecified atom stereocenters. The van der Waals surface area contributed by atoms with Crippen LogP contribution in [0.1, 0.15) is 108 Å². The van der Waals surface area contributed by atoms with E-state index in [0.29, 0.717) is 82.1 Å². The van der Waals surface area contributed by atoms with Gasteiger partial charge in [0, 0.05) is 53.3 Å². The van der Waals surface area contributed by atoms with Gasteiger partial charge in [0.15, 0.2) is 0 Å². The van der Waals surface area contributed by atoms with Crippen LogP contribution in [0.4, 0.5) is 0 Å². The number of nitrogens with two attached hydrogens (primary N) is 1. The molecule has 73 heavy (non-hydrogen) atoms. The number of esters is 1. The van der Waals surface area contributed by atoms with Crippen LogP contribution in [0, 0.1) is 22.7 Å². The number of nitrogens with one attached hydrogen (secondary N) is 7. The van der Waals surface area contributed by atoms with Gasteiger partial charge in [0.2, 0.25) is 29.5 Å². The molecule has 6 rings (SSSR count). The molecule has 22 heteroatoms. The summed E-state index contributed by atoms with van der Waals surface area (Å²) in [6, 6.07) is 5.18. The van der Waals surface area contributed by atoms with Gasteiger partial charge >= 0.3 is 5.97 Å². The number of hydrogen-bond donors (Lipinski definition) is 9. The van der Waals surface area contributed by atoms with Crippen LogP contribution in [0.15, 0.2) is 36.4 Å². The van der Waals surface area contributed by atoms with E-state index in [1.807, 2.05) is 34.6 Å². The molecule has 2 aliphatic heterocycles. The Bertz CT molecular complexity index is 2700. The van der Waals surface area contributed by atoms with Crippen molar-refractivity contribution in [2.24, 2.45) is 28.4 Å². The zero-order chi connectivity index (χ0) is 53.5. The third-order valence-corrected chi connectivity index (χ3v) is 14.0. The Balaban J connectivity index is 1.17. The standard InChI is InChI=1S/C51H69Cl2N9O11/c1-50(2,3)23-38(60-44(65)35-21-28-32(56-35)15-13-30(52)40(28)71-6)46(67)58-34(42(54)63)20-27-12-10-18-62(48(27)69)25-51(4,5)24-39(47(68)59-37(49(70)73-8)19-26-11-9-17-55-43(26)64)61-45(66)36-22-29-33(57-36)16-14-31(53)41(29)72-7/h13-16,21-22,26-27,34,37-39,45,56-57,61,66H,9-12,17-20,23-25H2,1-8H3,(H2,54,63)(H,55,64)(H,58,67)(H,59,68)(H,60,65)/t26-,27-,34-,37-,38-,39-,45?/m0/s1. The number of aliphatic hydroxyl groups excluding tert-OH is 1. The Morgan fingerprint density at radius 3 is 1.97 bits per heavy atom. The summed E-state index contributed by atoms with van der Waals surface area (Å²) in [5.41, 5.74) is 6.23. The number of hydrogen-bond acceptors (Lipinski definition) is 12. The number of piperidine rings is 2. The van der Waals surface area contributed by atoms with Crippen LogP contribution in [0.2, 0.25) is 10.0 Å². The lowest BCUT2D eigenvalue weighted by atomic mass is 9.82.